The predicted molar refractivity (Wildman–Crippen MR) is 91.6 cm³/mol. The number of hydrogen-bond donors (Lipinski definition) is 1. The number of nitrogens with zero attached hydrogens (tertiary/aromatic N) is 1. The average molecular weight is 318 g/mol. The van der Waals surface area contributed by atoms with Crippen LogP contribution in [0.1, 0.15) is 56.8 Å². The number of rotatable bonds is 9. The van der Waals surface area contributed by atoms with Crippen LogP contribution in [-0.2, 0) is 9.59 Å². The third kappa shape index (κ3) is 6.63. The monoisotopic (exact) mass is 318 g/mol. The Kier molecular flexibility index (Phi) is 8.02. The zero-order valence-corrected chi connectivity index (χ0v) is 14.2. The van der Waals surface area contributed by atoms with E-state index in [9.17, 15) is 14.4 Å². The molecule has 23 heavy (non-hydrogen) atoms. The van der Waals surface area contributed by atoms with Gasteiger partial charge in [0.2, 0.25) is 11.8 Å². The van der Waals surface area contributed by atoms with Gasteiger partial charge < -0.3 is 10.2 Å². The van der Waals surface area contributed by atoms with E-state index in [1.807, 2.05) is 0 Å². The number of carbonyl (C=O) groups is 3. The molecule has 0 aliphatic heterocycles. The molecule has 0 aromatic heterocycles. The molecule has 0 saturated heterocycles. The van der Waals surface area contributed by atoms with E-state index in [1.165, 1.54) is 13.8 Å². The average Bonchev–Trinajstić information content (AvgIpc) is 2.52. The summed E-state index contributed by atoms with van der Waals surface area (Å²) in [5.41, 5.74) is 1.30. The van der Waals surface area contributed by atoms with E-state index in [4.69, 9.17) is 0 Å². The van der Waals surface area contributed by atoms with Crippen LogP contribution in [0.25, 0.3) is 0 Å². The number of benzene rings is 1. The summed E-state index contributed by atoms with van der Waals surface area (Å²) in [4.78, 5) is 36.5. The molecule has 5 heteroatoms. The summed E-state index contributed by atoms with van der Waals surface area (Å²) in [7, 11) is 0. The molecule has 5 nitrogen and oxygen atoms in total. The first-order chi connectivity index (χ1) is 11.0. The van der Waals surface area contributed by atoms with E-state index < -0.39 is 0 Å². The van der Waals surface area contributed by atoms with Crippen LogP contribution in [0, 0.1) is 0 Å². The predicted octanol–water partition coefficient (Wildman–Crippen LogP) is 2.94. The lowest BCUT2D eigenvalue weighted by Crippen LogP contribution is -2.34. The second-order valence-electron chi connectivity index (χ2n) is 5.58. The minimum absolute atomic E-state index is 0.0163. The summed E-state index contributed by atoms with van der Waals surface area (Å²) in [6, 6.07) is 6.85. The van der Waals surface area contributed by atoms with Gasteiger partial charge in [0, 0.05) is 37.7 Å². The van der Waals surface area contributed by atoms with Gasteiger partial charge >= 0.3 is 0 Å². The maximum absolute atomic E-state index is 11.8. The van der Waals surface area contributed by atoms with Crippen molar-refractivity contribution in [2.24, 2.45) is 0 Å². The summed E-state index contributed by atoms with van der Waals surface area (Å²) in [5, 5.41) is 2.87. The quantitative estimate of drug-likeness (QED) is 0.562. The van der Waals surface area contributed by atoms with Crippen molar-refractivity contribution in [3.05, 3.63) is 29.8 Å². The van der Waals surface area contributed by atoms with Gasteiger partial charge in [-0.15, -0.1) is 0 Å². The standard InChI is InChI=1S/C18H26N2O3/c1-4-5-6-12-19-18(23)11-13-20(15(3)22)17-9-7-16(8-10-17)14(2)21/h7-10H,4-6,11-13H2,1-3H3,(H,19,23). The van der Waals surface area contributed by atoms with Crippen LogP contribution in [0.3, 0.4) is 0 Å². The molecule has 0 radical (unpaired) electrons. The van der Waals surface area contributed by atoms with Crippen molar-refractivity contribution in [2.45, 2.75) is 46.5 Å². The molecular formula is C18H26N2O3. The topological polar surface area (TPSA) is 66.5 Å². The Morgan fingerprint density at radius 3 is 2.22 bits per heavy atom. The van der Waals surface area contributed by atoms with Gasteiger partial charge in [0.05, 0.1) is 0 Å². The van der Waals surface area contributed by atoms with Gasteiger partial charge in [0.15, 0.2) is 5.78 Å². The van der Waals surface area contributed by atoms with Gasteiger partial charge in [-0.05, 0) is 37.6 Å². The Labute approximate surface area is 138 Å². The molecule has 1 aromatic carbocycles. The van der Waals surface area contributed by atoms with Gasteiger partial charge in [-0.1, -0.05) is 19.8 Å². The van der Waals surface area contributed by atoms with Crippen LogP contribution in [0.4, 0.5) is 5.69 Å². The van der Waals surface area contributed by atoms with Crippen LogP contribution < -0.4 is 10.2 Å². The number of Topliss-reactive ketones (excluding diaryl/α,β-unsaturated/α-hetero) is 1. The van der Waals surface area contributed by atoms with Crippen molar-refractivity contribution in [1.82, 2.24) is 5.32 Å². The highest BCUT2D eigenvalue weighted by Crippen LogP contribution is 2.16. The largest absolute Gasteiger partial charge is 0.356 e. The van der Waals surface area contributed by atoms with Crippen molar-refractivity contribution in [3.63, 3.8) is 0 Å². The van der Waals surface area contributed by atoms with E-state index >= 15 is 0 Å². The van der Waals surface area contributed by atoms with Gasteiger partial charge in [-0.25, -0.2) is 0 Å². The first-order valence-electron chi connectivity index (χ1n) is 8.11. The van der Waals surface area contributed by atoms with Gasteiger partial charge in [0.25, 0.3) is 0 Å². The molecule has 0 aliphatic rings. The Morgan fingerprint density at radius 2 is 1.70 bits per heavy atom. The molecule has 0 heterocycles. The molecule has 0 bridgehead atoms. The minimum atomic E-state index is -0.126. The minimum Gasteiger partial charge on any atom is -0.356 e. The van der Waals surface area contributed by atoms with E-state index in [-0.39, 0.29) is 24.0 Å². The fourth-order valence-electron chi connectivity index (χ4n) is 2.25. The first kappa shape index (κ1) is 18.9. The summed E-state index contributed by atoms with van der Waals surface area (Å²) in [6.45, 7) is 6.09. The maximum atomic E-state index is 11.8. The number of anilines is 1. The van der Waals surface area contributed by atoms with E-state index in [2.05, 4.69) is 12.2 Å². The Morgan fingerprint density at radius 1 is 1.04 bits per heavy atom. The second kappa shape index (κ2) is 9.77. The van der Waals surface area contributed by atoms with Crippen LogP contribution in [-0.4, -0.2) is 30.7 Å². The molecular weight excluding hydrogens is 292 g/mol. The molecule has 2 amide bonds. The van der Waals surface area contributed by atoms with Crippen molar-refractivity contribution in [2.75, 3.05) is 18.0 Å². The van der Waals surface area contributed by atoms with Gasteiger partial charge in [-0.3, -0.25) is 14.4 Å². The van der Waals surface area contributed by atoms with Crippen molar-refractivity contribution < 1.29 is 14.4 Å². The van der Waals surface area contributed by atoms with Crippen molar-refractivity contribution in [1.29, 1.82) is 0 Å². The molecule has 0 fully saturated rings. The third-order valence-corrected chi connectivity index (χ3v) is 3.63. The number of unbranched alkanes of at least 4 members (excludes halogenated alkanes) is 2. The molecule has 0 saturated carbocycles. The summed E-state index contributed by atoms with van der Waals surface area (Å²) >= 11 is 0. The number of hydrogen-bond acceptors (Lipinski definition) is 3. The highest BCUT2D eigenvalue weighted by molar-refractivity contribution is 5.96. The molecule has 0 aliphatic carbocycles. The Bertz CT molecular complexity index is 538. The molecule has 1 aromatic rings. The second-order valence-corrected chi connectivity index (χ2v) is 5.58. The summed E-state index contributed by atoms with van der Waals surface area (Å²) < 4.78 is 0. The zero-order chi connectivity index (χ0) is 17.2. The highest BCUT2D eigenvalue weighted by Gasteiger charge is 2.13. The van der Waals surface area contributed by atoms with E-state index in [1.54, 1.807) is 29.2 Å². The Balaban J connectivity index is 2.57. The number of amides is 2. The van der Waals surface area contributed by atoms with Gasteiger partial charge in [0.1, 0.15) is 0 Å². The number of nitrogens with one attached hydrogen (secondary N) is 1. The lowest BCUT2D eigenvalue weighted by molar-refractivity contribution is -0.121. The normalized spacial score (nSPS) is 10.2. The lowest BCUT2D eigenvalue weighted by Gasteiger charge is -2.21. The lowest BCUT2D eigenvalue weighted by atomic mass is 10.1. The fraction of sp³-hybridized carbons (Fsp3) is 0.500. The van der Waals surface area contributed by atoms with E-state index in [0.717, 1.165) is 19.3 Å². The molecule has 0 atom stereocenters. The molecule has 0 spiro atoms. The molecule has 0 unspecified atom stereocenters. The van der Waals surface area contributed by atoms with Crippen LogP contribution in [0.5, 0.6) is 0 Å². The molecule has 1 rings (SSSR count). The maximum Gasteiger partial charge on any atom is 0.223 e. The number of ketones is 1. The van der Waals surface area contributed by atoms with Crippen molar-refractivity contribution in [3.8, 4) is 0 Å². The third-order valence-electron chi connectivity index (χ3n) is 3.63. The summed E-state index contributed by atoms with van der Waals surface area (Å²) in [6.07, 6.45) is 3.46. The van der Waals surface area contributed by atoms with Crippen LogP contribution >= 0.6 is 0 Å². The highest BCUT2D eigenvalue weighted by atomic mass is 16.2. The SMILES string of the molecule is CCCCCNC(=O)CCN(C(C)=O)c1ccc(C(C)=O)cc1. The zero-order valence-electron chi connectivity index (χ0n) is 14.2. The van der Waals surface area contributed by atoms with Crippen LogP contribution in [0.2, 0.25) is 0 Å². The number of carbonyl (C=O) groups excluding carboxylic acids is 3. The smallest absolute Gasteiger partial charge is 0.223 e. The van der Waals surface area contributed by atoms with E-state index in [0.29, 0.717) is 24.3 Å². The first-order valence-corrected chi connectivity index (χ1v) is 8.11. The van der Waals surface area contributed by atoms with Gasteiger partial charge in [-0.2, -0.15) is 0 Å². The fourth-order valence-corrected chi connectivity index (χ4v) is 2.25. The molecule has 1 N–H and O–H groups in total. The molecule has 126 valence electrons. The Hall–Kier alpha value is -2.17. The summed E-state index contributed by atoms with van der Waals surface area (Å²) in [5.74, 6) is -0.190. The van der Waals surface area contributed by atoms with Crippen LogP contribution in [0.15, 0.2) is 24.3 Å². The van der Waals surface area contributed by atoms with Crippen molar-refractivity contribution >= 4 is 23.3 Å².